The lowest BCUT2D eigenvalue weighted by Gasteiger charge is -2.09. The molecule has 7 heteroatoms. The summed E-state index contributed by atoms with van der Waals surface area (Å²) in [6.45, 7) is 1.35. The van der Waals surface area contributed by atoms with Crippen molar-refractivity contribution in [1.82, 2.24) is 24.7 Å². The molecule has 7 nitrogen and oxygen atoms in total. The van der Waals surface area contributed by atoms with Crippen molar-refractivity contribution >= 4 is 27.8 Å². The number of ether oxygens (including phenoxy) is 1. The molecule has 3 heterocycles. The van der Waals surface area contributed by atoms with E-state index in [1.165, 1.54) is 0 Å². The molecule has 25 heavy (non-hydrogen) atoms. The van der Waals surface area contributed by atoms with Gasteiger partial charge in [0.1, 0.15) is 23.4 Å². The van der Waals surface area contributed by atoms with Gasteiger partial charge in [-0.15, -0.1) is 0 Å². The fraction of sp³-hybridized carbons (Fsp3) is 0.222. The molecule has 4 aromatic rings. The summed E-state index contributed by atoms with van der Waals surface area (Å²) < 4.78 is 7.63. The number of anilines is 1. The van der Waals surface area contributed by atoms with Crippen molar-refractivity contribution in [2.75, 3.05) is 18.5 Å². The number of benzene rings is 1. The zero-order valence-electron chi connectivity index (χ0n) is 13.9. The molecule has 1 N–H and O–H groups in total. The van der Waals surface area contributed by atoms with Crippen LogP contribution in [-0.4, -0.2) is 37.9 Å². The van der Waals surface area contributed by atoms with Crippen LogP contribution in [0.2, 0.25) is 0 Å². The maximum Gasteiger partial charge on any atom is 0.163 e. The largest absolute Gasteiger partial charge is 0.491 e. The smallest absolute Gasteiger partial charge is 0.163 e. The van der Waals surface area contributed by atoms with Gasteiger partial charge in [0.15, 0.2) is 5.65 Å². The lowest BCUT2D eigenvalue weighted by Crippen LogP contribution is -2.09. The highest BCUT2D eigenvalue weighted by Crippen LogP contribution is 2.23. The Morgan fingerprint density at radius 1 is 1.12 bits per heavy atom. The fourth-order valence-electron chi connectivity index (χ4n) is 2.76. The molecule has 0 saturated heterocycles. The minimum atomic E-state index is 0.601. The quantitative estimate of drug-likeness (QED) is 0.546. The first kappa shape index (κ1) is 15.3. The van der Waals surface area contributed by atoms with Gasteiger partial charge in [0.05, 0.1) is 18.2 Å². The van der Waals surface area contributed by atoms with Crippen LogP contribution in [0, 0.1) is 0 Å². The van der Waals surface area contributed by atoms with Crippen molar-refractivity contribution in [3.8, 4) is 5.75 Å². The highest BCUT2D eigenvalue weighted by Gasteiger charge is 2.07. The normalized spacial score (nSPS) is 11.1. The Balaban J connectivity index is 1.35. The van der Waals surface area contributed by atoms with Gasteiger partial charge in [0.25, 0.3) is 0 Å². The third-order valence-electron chi connectivity index (χ3n) is 4.00. The Bertz CT molecular complexity index is 1010. The Morgan fingerprint density at radius 3 is 3.00 bits per heavy atom. The number of nitrogens with one attached hydrogen (secondary N) is 1. The Morgan fingerprint density at radius 2 is 2.04 bits per heavy atom. The van der Waals surface area contributed by atoms with Gasteiger partial charge in [0.2, 0.25) is 0 Å². The molecule has 0 bridgehead atoms. The standard InChI is InChI=1S/C18H18N6O/c1-24-18-14(11-23-24)17(21-12-22-18)20-9-4-10-25-15-7-2-5-13-6-3-8-19-16(13)15/h2-3,5-8,11-12H,4,9-10H2,1H3,(H,20,21,22). The molecular formula is C18H18N6O. The number of aromatic nitrogens is 5. The predicted octanol–water partition coefficient (Wildman–Crippen LogP) is 2.79. The molecule has 0 amide bonds. The van der Waals surface area contributed by atoms with Crippen LogP contribution in [0.1, 0.15) is 6.42 Å². The first-order valence-corrected chi connectivity index (χ1v) is 8.16. The third-order valence-corrected chi connectivity index (χ3v) is 4.00. The zero-order valence-corrected chi connectivity index (χ0v) is 13.9. The molecule has 3 aromatic heterocycles. The van der Waals surface area contributed by atoms with Gasteiger partial charge in [-0.05, 0) is 18.6 Å². The molecule has 0 radical (unpaired) electrons. The Hall–Kier alpha value is -3.22. The van der Waals surface area contributed by atoms with E-state index in [0.717, 1.165) is 46.5 Å². The fourth-order valence-corrected chi connectivity index (χ4v) is 2.76. The Labute approximate surface area is 144 Å². The summed E-state index contributed by atoms with van der Waals surface area (Å²) in [6, 6.07) is 9.93. The molecule has 0 aliphatic carbocycles. The van der Waals surface area contributed by atoms with E-state index in [1.807, 2.05) is 37.4 Å². The number of pyridine rings is 1. The predicted molar refractivity (Wildman–Crippen MR) is 96.6 cm³/mol. The van der Waals surface area contributed by atoms with E-state index in [-0.39, 0.29) is 0 Å². The first-order chi connectivity index (χ1) is 12.3. The van der Waals surface area contributed by atoms with Gasteiger partial charge < -0.3 is 10.1 Å². The molecule has 0 saturated carbocycles. The summed E-state index contributed by atoms with van der Waals surface area (Å²) in [5.41, 5.74) is 1.71. The van der Waals surface area contributed by atoms with Crippen LogP contribution in [0.25, 0.3) is 21.9 Å². The van der Waals surface area contributed by atoms with Crippen molar-refractivity contribution in [3.05, 3.63) is 49.1 Å². The summed E-state index contributed by atoms with van der Waals surface area (Å²) in [7, 11) is 1.87. The number of hydrogen-bond donors (Lipinski definition) is 1. The van der Waals surface area contributed by atoms with E-state index in [2.05, 4.69) is 25.4 Å². The molecule has 1 aromatic carbocycles. The van der Waals surface area contributed by atoms with Crippen molar-refractivity contribution in [1.29, 1.82) is 0 Å². The summed E-state index contributed by atoms with van der Waals surface area (Å²) in [5.74, 6) is 1.61. The summed E-state index contributed by atoms with van der Waals surface area (Å²) in [4.78, 5) is 12.9. The van der Waals surface area contributed by atoms with E-state index in [0.29, 0.717) is 6.61 Å². The van der Waals surface area contributed by atoms with Crippen LogP contribution in [0.4, 0.5) is 5.82 Å². The van der Waals surface area contributed by atoms with E-state index < -0.39 is 0 Å². The first-order valence-electron chi connectivity index (χ1n) is 8.16. The second-order valence-electron chi connectivity index (χ2n) is 5.69. The molecule has 126 valence electrons. The lowest BCUT2D eigenvalue weighted by atomic mass is 10.2. The van der Waals surface area contributed by atoms with E-state index in [1.54, 1.807) is 23.4 Å². The van der Waals surface area contributed by atoms with Crippen LogP contribution in [-0.2, 0) is 7.05 Å². The van der Waals surface area contributed by atoms with Gasteiger partial charge in [0, 0.05) is 25.2 Å². The maximum absolute atomic E-state index is 5.90. The molecule has 0 fully saturated rings. The summed E-state index contributed by atoms with van der Waals surface area (Å²) >= 11 is 0. The summed E-state index contributed by atoms with van der Waals surface area (Å²) in [6.07, 6.45) is 5.94. The monoisotopic (exact) mass is 334 g/mol. The van der Waals surface area contributed by atoms with Crippen LogP contribution in [0.15, 0.2) is 49.1 Å². The average molecular weight is 334 g/mol. The van der Waals surface area contributed by atoms with Gasteiger partial charge in [-0.25, -0.2) is 9.97 Å². The average Bonchev–Trinajstić information content (AvgIpc) is 3.03. The summed E-state index contributed by atoms with van der Waals surface area (Å²) in [5, 5.41) is 9.54. The second-order valence-corrected chi connectivity index (χ2v) is 5.69. The molecular weight excluding hydrogens is 316 g/mol. The minimum Gasteiger partial charge on any atom is -0.491 e. The molecule has 0 unspecified atom stereocenters. The SMILES string of the molecule is Cn1ncc2c(NCCCOc3cccc4cccnc34)ncnc21. The van der Waals surface area contributed by atoms with E-state index >= 15 is 0 Å². The van der Waals surface area contributed by atoms with Gasteiger partial charge in [-0.2, -0.15) is 5.10 Å². The molecule has 0 aliphatic heterocycles. The Kier molecular flexibility index (Phi) is 4.12. The molecule has 0 aliphatic rings. The topological polar surface area (TPSA) is 77.8 Å². The van der Waals surface area contributed by atoms with Gasteiger partial charge in [-0.1, -0.05) is 18.2 Å². The lowest BCUT2D eigenvalue weighted by molar-refractivity contribution is 0.318. The number of para-hydroxylation sites is 1. The highest BCUT2D eigenvalue weighted by atomic mass is 16.5. The number of rotatable bonds is 6. The maximum atomic E-state index is 5.90. The van der Waals surface area contributed by atoms with E-state index in [9.17, 15) is 0 Å². The van der Waals surface area contributed by atoms with Crippen LogP contribution in [0.3, 0.4) is 0 Å². The number of nitrogens with zero attached hydrogens (tertiary/aromatic N) is 5. The molecule has 0 spiro atoms. The van der Waals surface area contributed by atoms with Crippen LogP contribution < -0.4 is 10.1 Å². The number of hydrogen-bond acceptors (Lipinski definition) is 6. The van der Waals surface area contributed by atoms with E-state index in [4.69, 9.17) is 4.74 Å². The molecule has 0 atom stereocenters. The van der Waals surface area contributed by atoms with Crippen LogP contribution in [0.5, 0.6) is 5.75 Å². The molecule has 4 rings (SSSR count). The van der Waals surface area contributed by atoms with Crippen molar-refractivity contribution < 1.29 is 4.74 Å². The van der Waals surface area contributed by atoms with Crippen molar-refractivity contribution in [3.63, 3.8) is 0 Å². The third kappa shape index (κ3) is 3.08. The van der Waals surface area contributed by atoms with Crippen molar-refractivity contribution in [2.24, 2.45) is 7.05 Å². The zero-order chi connectivity index (χ0) is 17.1. The minimum absolute atomic E-state index is 0.601. The van der Waals surface area contributed by atoms with Gasteiger partial charge in [-0.3, -0.25) is 9.67 Å². The van der Waals surface area contributed by atoms with Gasteiger partial charge >= 0.3 is 0 Å². The number of fused-ring (bicyclic) bond motifs is 2. The highest BCUT2D eigenvalue weighted by molar-refractivity contribution is 5.86. The van der Waals surface area contributed by atoms with Crippen LogP contribution >= 0.6 is 0 Å². The number of aryl methyl sites for hydroxylation is 1. The second kappa shape index (κ2) is 6.72. The van der Waals surface area contributed by atoms with Crippen molar-refractivity contribution in [2.45, 2.75) is 6.42 Å².